The zero-order chi connectivity index (χ0) is 16.8. The van der Waals surface area contributed by atoms with Gasteiger partial charge in [0, 0.05) is 0 Å². The molecule has 0 unspecified atom stereocenters. The second-order valence-corrected chi connectivity index (χ2v) is 6.02. The monoisotopic (exact) mass is 345 g/mol. The molecule has 0 aliphatic carbocycles. The Bertz CT molecular complexity index is 763. The van der Waals surface area contributed by atoms with Gasteiger partial charge in [-0.15, -0.1) is 0 Å². The topological polar surface area (TPSA) is 192 Å². The standard InChI is InChI=1S/C10H14N5O7P/c11-8-5-9(13-2-12-8)15(3-14-5)10-7(17)6(16)4(22-10)1-21-23(18,19)20/h2-4,6-7,10,16-17H,1H2,(H2,11,12,13)(H2,18,19,20)/p-2/t4-,6-,7+,10-/m1/s1. The van der Waals surface area contributed by atoms with Crippen molar-refractivity contribution in [1.29, 1.82) is 0 Å². The largest absolute Gasteiger partial charge is 0.790 e. The Morgan fingerprint density at radius 2 is 2.09 bits per heavy atom. The van der Waals surface area contributed by atoms with Crippen molar-refractivity contribution in [3.05, 3.63) is 12.7 Å². The molecule has 1 aliphatic heterocycles. The molecule has 4 N–H and O–H groups in total. The Labute approximate surface area is 128 Å². The number of nitrogens with two attached hydrogens (primary N) is 1. The average Bonchev–Trinajstić information content (AvgIpc) is 3.01. The molecule has 4 atom stereocenters. The van der Waals surface area contributed by atoms with Gasteiger partial charge >= 0.3 is 0 Å². The number of rotatable bonds is 4. The lowest BCUT2D eigenvalue weighted by molar-refractivity contribution is -0.343. The Morgan fingerprint density at radius 1 is 1.35 bits per heavy atom. The number of imidazole rings is 1. The summed E-state index contributed by atoms with van der Waals surface area (Å²) >= 11 is 0. The zero-order valence-electron chi connectivity index (χ0n) is 11.4. The Kier molecular flexibility index (Phi) is 4.06. The second kappa shape index (κ2) is 5.76. The van der Waals surface area contributed by atoms with Crippen molar-refractivity contribution in [3.8, 4) is 0 Å². The van der Waals surface area contributed by atoms with Gasteiger partial charge in [-0.3, -0.25) is 4.57 Å². The minimum Gasteiger partial charge on any atom is -0.790 e. The fourth-order valence-electron chi connectivity index (χ4n) is 2.32. The highest BCUT2D eigenvalue weighted by molar-refractivity contribution is 7.43. The summed E-state index contributed by atoms with van der Waals surface area (Å²) in [5.74, 6) is 0.125. The summed E-state index contributed by atoms with van der Waals surface area (Å²) in [4.78, 5) is 32.8. The van der Waals surface area contributed by atoms with E-state index < -0.39 is 39.0 Å². The van der Waals surface area contributed by atoms with E-state index in [9.17, 15) is 24.6 Å². The van der Waals surface area contributed by atoms with E-state index >= 15 is 0 Å². The van der Waals surface area contributed by atoms with E-state index in [2.05, 4.69) is 19.5 Å². The summed E-state index contributed by atoms with van der Waals surface area (Å²) in [6.07, 6.45) is -2.75. The summed E-state index contributed by atoms with van der Waals surface area (Å²) in [7, 11) is -5.22. The van der Waals surface area contributed by atoms with Crippen LogP contribution in [0.2, 0.25) is 0 Å². The van der Waals surface area contributed by atoms with Gasteiger partial charge in [-0.05, 0) is 0 Å². The first-order valence-electron chi connectivity index (χ1n) is 6.39. The van der Waals surface area contributed by atoms with Crippen LogP contribution in [0.5, 0.6) is 0 Å². The number of nitrogens with zero attached hydrogens (tertiary/aromatic N) is 4. The summed E-state index contributed by atoms with van der Waals surface area (Å²) in [6, 6.07) is 0. The predicted octanol–water partition coefficient (Wildman–Crippen LogP) is -3.13. The highest BCUT2D eigenvalue weighted by Gasteiger charge is 2.44. The molecule has 1 aliphatic rings. The SMILES string of the molecule is Nc1ncnc2c1ncn2[C@@H]1O[C@H](COP(=O)([O-])[O-])[C@@H](O)[C@@H]1O. The molecule has 0 radical (unpaired) electrons. The van der Waals surface area contributed by atoms with E-state index in [4.69, 9.17) is 10.5 Å². The third-order valence-corrected chi connectivity index (χ3v) is 3.86. The molecule has 2 aromatic rings. The van der Waals surface area contributed by atoms with Gasteiger partial charge in [-0.1, -0.05) is 0 Å². The Hall–Kier alpha value is -1.66. The van der Waals surface area contributed by atoms with E-state index in [1.165, 1.54) is 17.2 Å². The molecule has 0 bridgehead atoms. The minimum absolute atomic E-state index is 0.125. The van der Waals surface area contributed by atoms with Gasteiger partial charge in [0.15, 0.2) is 17.7 Å². The Balaban J connectivity index is 1.85. The average molecular weight is 345 g/mol. The third-order valence-electron chi connectivity index (χ3n) is 3.40. The van der Waals surface area contributed by atoms with Gasteiger partial charge in [0.25, 0.3) is 0 Å². The normalized spacial score (nSPS) is 28.5. The predicted molar refractivity (Wildman–Crippen MR) is 69.2 cm³/mol. The molecular formula is C10H12N5O7P-2. The van der Waals surface area contributed by atoms with Gasteiger partial charge in [0.2, 0.25) is 0 Å². The highest BCUT2D eigenvalue weighted by atomic mass is 31.2. The van der Waals surface area contributed by atoms with E-state index in [1.807, 2.05) is 0 Å². The maximum Gasteiger partial charge on any atom is 0.167 e. The molecule has 1 saturated heterocycles. The highest BCUT2D eigenvalue weighted by Crippen LogP contribution is 2.34. The lowest BCUT2D eigenvalue weighted by Gasteiger charge is -2.30. The van der Waals surface area contributed by atoms with Crippen LogP contribution in [-0.4, -0.2) is 54.7 Å². The number of nitrogen functional groups attached to an aromatic ring is 1. The number of aliphatic hydroxyl groups excluding tert-OH is 2. The van der Waals surface area contributed by atoms with Crippen LogP contribution in [-0.2, 0) is 13.8 Å². The lowest BCUT2D eigenvalue weighted by atomic mass is 10.1. The Morgan fingerprint density at radius 3 is 2.78 bits per heavy atom. The fraction of sp³-hybridized carbons (Fsp3) is 0.500. The molecule has 0 aromatic carbocycles. The first kappa shape index (κ1) is 16.2. The fourth-order valence-corrected chi connectivity index (χ4v) is 2.65. The van der Waals surface area contributed by atoms with Crippen LogP contribution in [0.15, 0.2) is 12.7 Å². The van der Waals surface area contributed by atoms with Crippen molar-refractivity contribution in [2.45, 2.75) is 24.5 Å². The van der Waals surface area contributed by atoms with E-state index in [0.29, 0.717) is 0 Å². The number of ether oxygens (including phenoxy) is 1. The van der Waals surface area contributed by atoms with Crippen LogP contribution in [0.4, 0.5) is 5.82 Å². The van der Waals surface area contributed by atoms with Crippen LogP contribution >= 0.6 is 7.82 Å². The molecule has 3 heterocycles. The zero-order valence-corrected chi connectivity index (χ0v) is 12.3. The molecule has 12 nitrogen and oxygen atoms in total. The summed E-state index contributed by atoms with van der Waals surface area (Å²) in [5, 5.41) is 20.0. The van der Waals surface area contributed by atoms with Gasteiger partial charge in [-0.25, -0.2) is 15.0 Å². The summed E-state index contributed by atoms with van der Waals surface area (Å²) in [5.41, 5.74) is 6.19. The number of hydrogen-bond donors (Lipinski definition) is 3. The number of hydrogen-bond acceptors (Lipinski definition) is 11. The molecule has 3 rings (SSSR count). The molecule has 1 fully saturated rings. The molecule has 126 valence electrons. The molecule has 2 aromatic heterocycles. The van der Waals surface area contributed by atoms with Crippen molar-refractivity contribution in [2.24, 2.45) is 0 Å². The van der Waals surface area contributed by atoms with E-state index in [1.54, 1.807) is 0 Å². The van der Waals surface area contributed by atoms with Crippen molar-refractivity contribution < 1.29 is 33.8 Å². The molecule has 0 saturated carbocycles. The molecule has 13 heteroatoms. The van der Waals surface area contributed by atoms with Crippen molar-refractivity contribution in [3.63, 3.8) is 0 Å². The minimum atomic E-state index is -5.22. The van der Waals surface area contributed by atoms with Gasteiger partial charge in [0.1, 0.15) is 30.2 Å². The molecule has 23 heavy (non-hydrogen) atoms. The molecule has 0 amide bonds. The molecule has 0 spiro atoms. The van der Waals surface area contributed by atoms with Crippen LogP contribution < -0.4 is 15.5 Å². The van der Waals surface area contributed by atoms with Crippen molar-refractivity contribution in [1.82, 2.24) is 19.5 Å². The third kappa shape index (κ3) is 3.05. The van der Waals surface area contributed by atoms with E-state index in [-0.39, 0.29) is 17.0 Å². The maximum absolute atomic E-state index is 10.5. The van der Waals surface area contributed by atoms with Crippen LogP contribution in [0.25, 0.3) is 11.2 Å². The number of aliphatic hydroxyl groups is 2. The van der Waals surface area contributed by atoms with Crippen molar-refractivity contribution in [2.75, 3.05) is 12.3 Å². The van der Waals surface area contributed by atoms with Crippen LogP contribution in [0.3, 0.4) is 0 Å². The molecular weight excluding hydrogens is 333 g/mol. The van der Waals surface area contributed by atoms with Crippen LogP contribution in [0, 0.1) is 0 Å². The first-order valence-corrected chi connectivity index (χ1v) is 7.85. The van der Waals surface area contributed by atoms with Gasteiger partial charge in [0.05, 0.1) is 20.8 Å². The van der Waals surface area contributed by atoms with Gasteiger partial charge in [-0.2, -0.15) is 0 Å². The number of fused-ring (bicyclic) bond motifs is 1. The number of phosphoric acid groups is 1. The smallest absolute Gasteiger partial charge is 0.167 e. The van der Waals surface area contributed by atoms with E-state index in [0.717, 1.165) is 0 Å². The number of aromatic nitrogens is 4. The lowest BCUT2D eigenvalue weighted by Crippen LogP contribution is -2.34. The quantitative estimate of drug-likeness (QED) is 0.474. The second-order valence-electron chi connectivity index (χ2n) is 4.87. The number of phosphoric ester groups is 1. The summed E-state index contributed by atoms with van der Waals surface area (Å²) in [6.45, 7) is -0.719. The number of anilines is 1. The van der Waals surface area contributed by atoms with Crippen LogP contribution in [0.1, 0.15) is 6.23 Å². The maximum atomic E-state index is 10.5. The van der Waals surface area contributed by atoms with Gasteiger partial charge < -0.3 is 39.6 Å². The first-order chi connectivity index (χ1) is 10.8. The summed E-state index contributed by atoms with van der Waals surface area (Å²) < 4.78 is 21.3. The van der Waals surface area contributed by atoms with Crippen molar-refractivity contribution >= 4 is 24.8 Å².